The lowest BCUT2D eigenvalue weighted by molar-refractivity contribution is 0.152. The lowest BCUT2D eigenvalue weighted by Gasteiger charge is -2.32. The number of hydrogen-bond donors (Lipinski definition) is 1. The van der Waals surface area contributed by atoms with Crippen molar-refractivity contribution in [2.75, 3.05) is 46.3 Å². The summed E-state index contributed by atoms with van der Waals surface area (Å²) in [5.41, 5.74) is 0. The number of piperazine rings is 1. The second-order valence-electron chi connectivity index (χ2n) is 5.08. The fraction of sp³-hybridized carbons (Fsp3) is 1.00. The Morgan fingerprint density at radius 2 is 1.87 bits per heavy atom. The monoisotopic (exact) mass is 211 g/mol. The number of nitrogens with one attached hydrogen (secondary N) is 1. The Hall–Kier alpha value is -0.120. The van der Waals surface area contributed by atoms with E-state index in [1.807, 2.05) is 0 Å². The highest BCUT2D eigenvalue weighted by Crippen LogP contribution is 2.17. The molecule has 1 saturated heterocycles. The van der Waals surface area contributed by atoms with Gasteiger partial charge in [0, 0.05) is 32.2 Å². The number of nitrogens with zero attached hydrogens (tertiary/aromatic N) is 2. The van der Waals surface area contributed by atoms with E-state index in [1.165, 1.54) is 65.0 Å². The van der Waals surface area contributed by atoms with Gasteiger partial charge in [-0.15, -0.1) is 0 Å². The van der Waals surface area contributed by atoms with Crippen molar-refractivity contribution >= 4 is 0 Å². The van der Waals surface area contributed by atoms with Crippen LogP contribution in [0.25, 0.3) is 0 Å². The third-order valence-electron chi connectivity index (χ3n) is 3.79. The average Bonchev–Trinajstić information content (AvgIpc) is 2.18. The summed E-state index contributed by atoms with van der Waals surface area (Å²) in [5.74, 6) is 0. The molecule has 0 aromatic carbocycles. The van der Waals surface area contributed by atoms with Crippen LogP contribution in [0, 0.1) is 0 Å². The van der Waals surface area contributed by atoms with Crippen LogP contribution in [0.15, 0.2) is 0 Å². The van der Waals surface area contributed by atoms with E-state index in [2.05, 4.69) is 22.2 Å². The van der Waals surface area contributed by atoms with E-state index >= 15 is 0 Å². The Kier molecular flexibility index (Phi) is 4.42. The van der Waals surface area contributed by atoms with Crippen LogP contribution in [0.5, 0.6) is 0 Å². The highest BCUT2D eigenvalue weighted by Gasteiger charge is 2.16. The summed E-state index contributed by atoms with van der Waals surface area (Å²) < 4.78 is 0. The maximum atomic E-state index is 3.63. The van der Waals surface area contributed by atoms with Gasteiger partial charge in [0.1, 0.15) is 0 Å². The topological polar surface area (TPSA) is 18.5 Å². The molecule has 2 aliphatic rings. The molecule has 1 N–H and O–H groups in total. The van der Waals surface area contributed by atoms with Crippen LogP contribution in [0.1, 0.15) is 25.7 Å². The van der Waals surface area contributed by atoms with Crippen molar-refractivity contribution in [3.63, 3.8) is 0 Å². The van der Waals surface area contributed by atoms with Gasteiger partial charge in [-0.25, -0.2) is 0 Å². The fourth-order valence-corrected chi connectivity index (χ4v) is 2.29. The SMILES string of the molecule is CN1CCN(CCCNC2CCC2)CC1. The van der Waals surface area contributed by atoms with Gasteiger partial charge in [-0.3, -0.25) is 0 Å². The van der Waals surface area contributed by atoms with Crippen molar-refractivity contribution in [1.82, 2.24) is 15.1 Å². The average molecular weight is 211 g/mol. The number of likely N-dealkylation sites (N-methyl/N-ethyl adjacent to an activating group) is 1. The zero-order valence-corrected chi connectivity index (χ0v) is 10.0. The molecule has 15 heavy (non-hydrogen) atoms. The molecule has 0 aromatic heterocycles. The molecule has 0 bridgehead atoms. The minimum absolute atomic E-state index is 0.859. The zero-order chi connectivity index (χ0) is 10.5. The Balaban J connectivity index is 1.46. The van der Waals surface area contributed by atoms with E-state index in [-0.39, 0.29) is 0 Å². The molecule has 1 aliphatic carbocycles. The van der Waals surface area contributed by atoms with Gasteiger partial charge in [-0.1, -0.05) is 6.42 Å². The van der Waals surface area contributed by atoms with Crippen LogP contribution in [-0.4, -0.2) is 62.2 Å². The Labute approximate surface area is 93.8 Å². The lowest BCUT2D eigenvalue weighted by Crippen LogP contribution is -2.45. The van der Waals surface area contributed by atoms with Crippen molar-refractivity contribution < 1.29 is 0 Å². The number of hydrogen-bond acceptors (Lipinski definition) is 3. The molecule has 0 unspecified atom stereocenters. The van der Waals surface area contributed by atoms with Gasteiger partial charge in [-0.2, -0.15) is 0 Å². The largest absolute Gasteiger partial charge is 0.314 e. The van der Waals surface area contributed by atoms with Crippen molar-refractivity contribution in [2.24, 2.45) is 0 Å². The van der Waals surface area contributed by atoms with Gasteiger partial charge in [0.15, 0.2) is 0 Å². The summed E-state index contributed by atoms with van der Waals surface area (Å²) in [7, 11) is 2.22. The first-order chi connectivity index (χ1) is 7.34. The van der Waals surface area contributed by atoms with Gasteiger partial charge in [0.05, 0.1) is 0 Å². The second-order valence-corrected chi connectivity index (χ2v) is 5.08. The van der Waals surface area contributed by atoms with Crippen LogP contribution < -0.4 is 5.32 Å². The van der Waals surface area contributed by atoms with E-state index in [0.29, 0.717) is 0 Å². The molecule has 0 amide bonds. The van der Waals surface area contributed by atoms with Crippen molar-refractivity contribution in [3.05, 3.63) is 0 Å². The van der Waals surface area contributed by atoms with E-state index in [1.54, 1.807) is 0 Å². The first-order valence-electron chi connectivity index (χ1n) is 6.49. The molecule has 1 saturated carbocycles. The Morgan fingerprint density at radius 3 is 2.47 bits per heavy atom. The zero-order valence-electron chi connectivity index (χ0n) is 10.0. The third-order valence-corrected chi connectivity index (χ3v) is 3.79. The number of rotatable bonds is 5. The molecule has 0 atom stereocenters. The van der Waals surface area contributed by atoms with Crippen molar-refractivity contribution in [2.45, 2.75) is 31.7 Å². The molecule has 88 valence electrons. The first kappa shape index (κ1) is 11.4. The van der Waals surface area contributed by atoms with Gasteiger partial charge in [0.2, 0.25) is 0 Å². The third kappa shape index (κ3) is 3.74. The maximum Gasteiger partial charge on any atom is 0.0110 e. The molecule has 0 spiro atoms. The van der Waals surface area contributed by atoms with E-state index < -0.39 is 0 Å². The van der Waals surface area contributed by atoms with Crippen LogP contribution in [0.4, 0.5) is 0 Å². The summed E-state index contributed by atoms with van der Waals surface area (Å²) in [6, 6.07) is 0.859. The predicted molar refractivity (Wildman–Crippen MR) is 64.2 cm³/mol. The first-order valence-corrected chi connectivity index (χ1v) is 6.49. The summed E-state index contributed by atoms with van der Waals surface area (Å²) in [4.78, 5) is 5.02. The molecule has 0 aromatic rings. The molecule has 1 aliphatic heterocycles. The molecule has 3 heteroatoms. The van der Waals surface area contributed by atoms with E-state index in [4.69, 9.17) is 0 Å². The molecular formula is C12H25N3. The van der Waals surface area contributed by atoms with Gasteiger partial charge in [0.25, 0.3) is 0 Å². The highest BCUT2D eigenvalue weighted by molar-refractivity contribution is 4.76. The van der Waals surface area contributed by atoms with Gasteiger partial charge in [-0.05, 0) is 39.4 Å². The van der Waals surface area contributed by atoms with Crippen LogP contribution in [-0.2, 0) is 0 Å². The lowest BCUT2D eigenvalue weighted by atomic mass is 9.93. The smallest absolute Gasteiger partial charge is 0.0110 e. The molecule has 3 nitrogen and oxygen atoms in total. The molecule has 1 heterocycles. The Morgan fingerprint density at radius 1 is 1.13 bits per heavy atom. The summed E-state index contributed by atoms with van der Waals surface area (Å²) in [5, 5.41) is 3.63. The van der Waals surface area contributed by atoms with Crippen LogP contribution in [0.3, 0.4) is 0 Å². The quantitative estimate of drug-likeness (QED) is 0.678. The standard InChI is InChI=1S/C12H25N3/c1-14-8-10-15(11-9-14)7-3-6-13-12-4-2-5-12/h12-13H,2-11H2,1H3. The Bertz CT molecular complexity index is 172. The minimum Gasteiger partial charge on any atom is -0.314 e. The molecule has 0 radical (unpaired) electrons. The van der Waals surface area contributed by atoms with Crippen LogP contribution in [0.2, 0.25) is 0 Å². The minimum atomic E-state index is 0.859. The molecule has 2 rings (SSSR count). The summed E-state index contributed by atoms with van der Waals surface area (Å²) in [6.45, 7) is 7.52. The second kappa shape index (κ2) is 5.83. The highest BCUT2D eigenvalue weighted by atomic mass is 15.2. The van der Waals surface area contributed by atoms with Gasteiger partial charge >= 0.3 is 0 Å². The van der Waals surface area contributed by atoms with Crippen molar-refractivity contribution in [3.8, 4) is 0 Å². The predicted octanol–water partition coefficient (Wildman–Crippen LogP) is 0.766. The summed E-state index contributed by atoms with van der Waals surface area (Å²) in [6.07, 6.45) is 5.58. The summed E-state index contributed by atoms with van der Waals surface area (Å²) >= 11 is 0. The van der Waals surface area contributed by atoms with Crippen molar-refractivity contribution in [1.29, 1.82) is 0 Å². The fourth-order valence-electron chi connectivity index (χ4n) is 2.29. The van der Waals surface area contributed by atoms with E-state index in [9.17, 15) is 0 Å². The van der Waals surface area contributed by atoms with Crippen LogP contribution >= 0.6 is 0 Å². The molecular weight excluding hydrogens is 186 g/mol. The molecule has 2 fully saturated rings. The van der Waals surface area contributed by atoms with Gasteiger partial charge < -0.3 is 15.1 Å². The normalized spacial score (nSPS) is 25.4. The van der Waals surface area contributed by atoms with E-state index in [0.717, 1.165) is 6.04 Å². The maximum absolute atomic E-state index is 3.63.